The number of nitrogens with one attached hydrogen (secondary N) is 1. The van der Waals surface area contributed by atoms with Crippen molar-refractivity contribution in [1.82, 2.24) is 19.8 Å². The van der Waals surface area contributed by atoms with Crippen LogP contribution in [-0.4, -0.2) is 39.5 Å². The van der Waals surface area contributed by atoms with Crippen molar-refractivity contribution in [2.75, 3.05) is 13.1 Å². The van der Waals surface area contributed by atoms with Crippen LogP contribution < -0.4 is 5.32 Å². The summed E-state index contributed by atoms with van der Waals surface area (Å²) < 4.78 is 2.15. The Kier molecular flexibility index (Phi) is 4.34. The van der Waals surface area contributed by atoms with Gasteiger partial charge in [-0.15, -0.1) is 0 Å². The molecule has 0 saturated carbocycles. The molecule has 5 nitrogen and oxygen atoms in total. The van der Waals surface area contributed by atoms with Gasteiger partial charge in [-0.1, -0.05) is 30.3 Å². The summed E-state index contributed by atoms with van der Waals surface area (Å²) >= 11 is 0. The molecule has 4 rings (SSSR count). The molecule has 1 N–H and O–H groups in total. The van der Waals surface area contributed by atoms with Crippen LogP contribution in [0.25, 0.3) is 0 Å². The summed E-state index contributed by atoms with van der Waals surface area (Å²) in [4.78, 5) is 19.7. The Bertz CT molecular complexity index is 690. The van der Waals surface area contributed by atoms with Crippen molar-refractivity contribution >= 4 is 5.91 Å². The number of imidazole rings is 1. The number of hydrogen-bond acceptors (Lipinski definition) is 3. The number of amides is 1. The Morgan fingerprint density at radius 3 is 2.79 bits per heavy atom. The van der Waals surface area contributed by atoms with E-state index in [1.54, 1.807) is 0 Å². The minimum absolute atomic E-state index is 0.136. The molecule has 0 unspecified atom stereocenters. The fourth-order valence-corrected chi connectivity index (χ4v) is 3.93. The largest absolute Gasteiger partial charge is 0.350 e. The van der Waals surface area contributed by atoms with E-state index in [-0.39, 0.29) is 18.0 Å². The first-order chi connectivity index (χ1) is 11.8. The lowest BCUT2D eigenvalue weighted by molar-refractivity contribution is -0.127. The molecule has 0 bridgehead atoms. The maximum atomic E-state index is 13.1. The van der Waals surface area contributed by atoms with E-state index in [0.29, 0.717) is 0 Å². The van der Waals surface area contributed by atoms with Gasteiger partial charge in [0.2, 0.25) is 5.91 Å². The molecule has 1 aromatic heterocycles. The molecule has 0 aliphatic carbocycles. The van der Waals surface area contributed by atoms with Gasteiger partial charge in [-0.05, 0) is 37.9 Å². The number of aryl methyl sites for hydroxylation is 1. The van der Waals surface area contributed by atoms with E-state index in [4.69, 9.17) is 0 Å². The van der Waals surface area contributed by atoms with Gasteiger partial charge in [0.15, 0.2) is 0 Å². The van der Waals surface area contributed by atoms with Crippen molar-refractivity contribution in [2.45, 2.75) is 44.3 Å². The first kappa shape index (κ1) is 15.4. The van der Waals surface area contributed by atoms with Crippen molar-refractivity contribution in [2.24, 2.45) is 0 Å². The van der Waals surface area contributed by atoms with E-state index in [1.807, 2.05) is 30.6 Å². The van der Waals surface area contributed by atoms with Gasteiger partial charge in [-0.3, -0.25) is 9.69 Å². The van der Waals surface area contributed by atoms with E-state index in [0.717, 1.165) is 43.9 Å². The number of carbonyl (C=O) groups is 1. The maximum Gasteiger partial charge on any atom is 0.242 e. The van der Waals surface area contributed by atoms with E-state index < -0.39 is 0 Å². The third kappa shape index (κ3) is 3.08. The molecule has 5 heteroatoms. The summed E-state index contributed by atoms with van der Waals surface area (Å²) in [7, 11) is 0. The third-order valence-corrected chi connectivity index (χ3v) is 5.15. The minimum Gasteiger partial charge on any atom is -0.350 e. The van der Waals surface area contributed by atoms with Crippen molar-refractivity contribution in [3.63, 3.8) is 0 Å². The van der Waals surface area contributed by atoms with Crippen molar-refractivity contribution in [3.05, 3.63) is 54.1 Å². The predicted molar refractivity (Wildman–Crippen MR) is 92.5 cm³/mol. The number of aromatic nitrogens is 2. The van der Waals surface area contributed by atoms with E-state index in [1.165, 1.54) is 12.8 Å². The Morgan fingerprint density at radius 2 is 2.00 bits per heavy atom. The number of hydrogen-bond donors (Lipinski definition) is 1. The van der Waals surface area contributed by atoms with Gasteiger partial charge in [0.1, 0.15) is 11.9 Å². The summed E-state index contributed by atoms with van der Waals surface area (Å²) in [6, 6.07) is 10.2. The Labute approximate surface area is 142 Å². The molecule has 0 spiro atoms. The zero-order chi connectivity index (χ0) is 16.4. The Hall–Kier alpha value is -2.14. The first-order valence-electron chi connectivity index (χ1n) is 8.90. The Balaban J connectivity index is 1.49. The molecule has 1 saturated heterocycles. The zero-order valence-electron chi connectivity index (χ0n) is 13.9. The summed E-state index contributed by atoms with van der Waals surface area (Å²) in [6.45, 7) is 2.83. The van der Waals surface area contributed by atoms with Gasteiger partial charge < -0.3 is 9.88 Å². The van der Waals surface area contributed by atoms with Gasteiger partial charge >= 0.3 is 0 Å². The van der Waals surface area contributed by atoms with Crippen molar-refractivity contribution in [3.8, 4) is 0 Å². The van der Waals surface area contributed by atoms with Crippen molar-refractivity contribution < 1.29 is 4.79 Å². The molecule has 0 radical (unpaired) electrons. The second kappa shape index (κ2) is 6.77. The SMILES string of the molecule is O=C(N[C@@H]1CCc2nccn2C1)[C@@H](c1ccccc1)N1CCCC1. The molecule has 1 aromatic carbocycles. The maximum absolute atomic E-state index is 13.1. The summed E-state index contributed by atoms with van der Waals surface area (Å²) in [5.74, 6) is 1.26. The second-order valence-corrected chi connectivity index (χ2v) is 6.80. The highest BCUT2D eigenvalue weighted by Crippen LogP contribution is 2.26. The molecule has 2 atom stereocenters. The van der Waals surface area contributed by atoms with Crippen molar-refractivity contribution in [1.29, 1.82) is 0 Å². The highest BCUT2D eigenvalue weighted by Gasteiger charge is 2.31. The van der Waals surface area contributed by atoms with Crippen LogP contribution in [0.4, 0.5) is 0 Å². The van der Waals surface area contributed by atoms with Crippen LogP contribution in [0.5, 0.6) is 0 Å². The quantitative estimate of drug-likeness (QED) is 0.937. The molecule has 1 amide bonds. The zero-order valence-corrected chi connectivity index (χ0v) is 13.9. The number of nitrogens with zero attached hydrogens (tertiary/aromatic N) is 3. The molecule has 2 aliphatic heterocycles. The van der Waals surface area contributed by atoms with Gasteiger partial charge in [0.05, 0.1) is 0 Å². The monoisotopic (exact) mass is 324 g/mol. The van der Waals surface area contributed by atoms with Crippen LogP contribution in [0.15, 0.2) is 42.7 Å². The normalized spacial score (nSPS) is 22.1. The molecule has 126 valence electrons. The average Bonchev–Trinajstić information content (AvgIpc) is 3.27. The molecular weight excluding hydrogens is 300 g/mol. The summed E-state index contributed by atoms with van der Waals surface area (Å²) in [5, 5.41) is 3.30. The first-order valence-corrected chi connectivity index (χ1v) is 8.90. The Morgan fingerprint density at radius 1 is 1.21 bits per heavy atom. The highest BCUT2D eigenvalue weighted by molar-refractivity contribution is 5.83. The van der Waals surface area contributed by atoms with Gasteiger partial charge in [-0.25, -0.2) is 4.98 Å². The fraction of sp³-hybridized carbons (Fsp3) is 0.474. The fourth-order valence-electron chi connectivity index (χ4n) is 3.93. The van der Waals surface area contributed by atoms with Gasteiger partial charge in [0.25, 0.3) is 0 Å². The lowest BCUT2D eigenvalue weighted by Gasteiger charge is -2.31. The van der Waals surface area contributed by atoms with E-state index in [9.17, 15) is 4.79 Å². The molecular formula is C19H24N4O. The summed E-state index contributed by atoms with van der Waals surface area (Å²) in [5.41, 5.74) is 1.09. The molecule has 3 heterocycles. The molecule has 24 heavy (non-hydrogen) atoms. The average molecular weight is 324 g/mol. The lowest BCUT2D eigenvalue weighted by atomic mass is 10.0. The van der Waals surface area contributed by atoms with Crippen LogP contribution in [0, 0.1) is 0 Å². The topological polar surface area (TPSA) is 50.2 Å². The molecule has 1 fully saturated rings. The number of carbonyl (C=O) groups excluding carboxylic acids is 1. The standard InChI is InChI=1S/C19H24N4O/c24-19(21-16-8-9-17-20-10-13-23(17)14-16)18(22-11-4-5-12-22)15-6-2-1-3-7-15/h1-3,6-7,10,13,16,18H,4-5,8-9,11-12,14H2,(H,21,24)/t16-,18-/m1/s1. The third-order valence-electron chi connectivity index (χ3n) is 5.15. The minimum atomic E-state index is -0.169. The van der Waals surface area contributed by atoms with Crippen LogP contribution >= 0.6 is 0 Å². The van der Waals surface area contributed by atoms with Crippen LogP contribution in [0.1, 0.15) is 36.7 Å². The summed E-state index contributed by atoms with van der Waals surface area (Å²) in [6.07, 6.45) is 8.10. The predicted octanol–water partition coefficient (Wildman–Crippen LogP) is 2.15. The van der Waals surface area contributed by atoms with E-state index in [2.05, 4.69) is 31.9 Å². The highest BCUT2D eigenvalue weighted by atomic mass is 16.2. The number of fused-ring (bicyclic) bond motifs is 1. The van der Waals surface area contributed by atoms with Crippen LogP contribution in [-0.2, 0) is 17.8 Å². The van der Waals surface area contributed by atoms with Gasteiger partial charge in [-0.2, -0.15) is 0 Å². The number of likely N-dealkylation sites (tertiary alicyclic amines) is 1. The second-order valence-electron chi connectivity index (χ2n) is 6.80. The van der Waals surface area contributed by atoms with Crippen LogP contribution in [0.2, 0.25) is 0 Å². The lowest BCUT2D eigenvalue weighted by Crippen LogP contribution is -2.46. The molecule has 2 aliphatic rings. The molecule has 2 aromatic rings. The smallest absolute Gasteiger partial charge is 0.242 e. The van der Waals surface area contributed by atoms with Gasteiger partial charge in [0, 0.05) is 31.4 Å². The van der Waals surface area contributed by atoms with E-state index >= 15 is 0 Å². The number of rotatable bonds is 4. The number of benzene rings is 1. The van der Waals surface area contributed by atoms with Crippen LogP contribution in [0.3, 0.4) is 0 Å².